The summed E-state index contributed by atoms with van der Waals surface area (Å²) in [5.41, 5.74) is 0.305. The number of alkyl halides is 4. The van der Waals surface area contributed by atoms with Crippen LogP contribution in [0.1, 0.15) is 31.2 Å². The summed E-state index contributed by atoms with van der Waals surface area (Å²) < 4.78 is 37.6. The predicted octanol–water partition coefficient (Wildman–Crippen LogP) is 4.44. The van der Waals surface area contributed by atoms with Gasteiger partial charge in [0.25, 0.3) is 0 Å². The maximum Gasteiger partial charge on any atom is 0.416 e. The number of halogens is 4. The molecule has 3 rings (SSSR count). The molecule has 19 heavy (non-hydrogen) atoms. The van der Waals surface area contributed by atoms with Crippen molar-refractivity contribution >= 4 is 17.3 Å². The summed E-state index contributed by atoms with van der Waals surface area (Å²) >= 11 is 6.21. The number of anilines is 1. The van der Waals surface area contributed by atoms with Crippen LogP contribution in [0.5, 0.6) is 0 Å². The van der Waals surface area contributed by atoms with Crippen molar-refractivity contribution < 1.29 is 13.2 Å². The molecule has 0 aromatic heterocycles. The van der Waals surface area contributed by atoms with Gasteiger partial charge < -0.3 is 4.90 Å². The minimum absolute atomic E-state index is 0.211. The molecule has 2 aliphatic rings. The fourth-order valence-corrected chi connectivity index (χ4v) is 3.77. The highest BCUT2D eigenvalue weighted by atomic mass is 35.5. The zero-order valence-corrected chi connectivity index (χ0v) is 11.1. The predicted molar refractivity (Wildman–Crippen MR) is 69.6 cm³/mol. The van der Waals surface area contributed by atoms with Gasteiger partial charge >= 0.3 is 6.18 Å². The van der Waals surface area contributed by atoms with E-state index in [1.165, 1.54) is 12.1 Å². The molecule has 0 spiro atoms. The van der Waals surface area contributed by atoms with Crippen molar-refractivity contribution in [1.29, 1.82) is 0 Å². The van der Waals surface area contributed by atoms with Gasteiger partial charge in [-0.1, -0.05) is 0 Å². The maximum atomic E-state index is 12.5. The maximum absolute atomic E-state index is 12.5. The molecule has 2 unspecified atom stereocenters. The molecule has 0 N–H and O–H groups in total. The number of fused-ring (bicyclic) bond motifs is 2. The second-order valence-corrected chi connectivity index (χ2v) is 6.02. The van der Waals surface area contributed by atoms with E-state index in [0.717, 1.165) is 31.4 Å². The van der Waals surface area contributed by atoms with Gasteiger partial charge in [-0.3, -0.25) is 0 Å². The van der Waals surface area contributed by atoms with Crippen molar-refractivity contribution in [3.8, 4) is 0 Å². The molecule has 2 heterocycles. The number of hydrogen-bond donors (Lipinski definition) is 0. The third-order valence-electron chi connectivity index (χ3n) is 4.17. The first kappa shape index (κ1) is 13.1. The van der Waals surface area contributed by atoms with E-state index in [2.05, 4.69) is 4.90 Å². The van der Waals surface area contributed by atoms with Crippen LogP contribution in [0.3, 0.4) is 0 Å². The average molecular weight is 290 g/mol. The van der Waals surface area contributed by atoms with Crippen LogP contribution >= 0.6 is 11.6 Å². The zero-order valence-electron chi connectivity index (χ0n) is 10.3. The van der Waals surface area contributed by atoms with Gasteiger partial charge in [-0.25, -0.2) is 0 Å². The Kier molecular flexibility index (Phi) is 3.16. The minimum atomic E-state index is -4.26. The fourth-order valence-electron chi connectivity index (χ4n) is 3.35. The monoisotopic (exact) mass is 289 g/mol. The molecule has 5 heteroatoms. The molecular formula is C14H15ClF3N. The summed E-state index contributed by atoms with van der Waals surface area (Å²) in [6.07, 6.45) is -0.220. The molecule has 1 nitrogen and oxygen atoms in total. The first-order valence-electron chi connectivity index (χ1n) is 6.55. The van der Waals surface area contributed by atoms with Crippen molar-refractivity contribution in [3.05, 3.63) is 29.8 Å². The topological polar surface area (TPSA) is 3.24 Å². The molecule has 2 fully saturated rings. The normalized spacial score (nSPS) is 30.7. The number of rotatable bonds is 1. The van der Waals surface area contributed by atoms with Gasteiger partial charge in [0, 0.05) is 23.1 Å². The third-order valence-corrected chi connectivity index (χ3v) is 4.52. The molecule has 2 saturated heterocycles. The second kappa shape index (κ2) is 4.58. The highest BCUT2D eigenvalue weighted by molar-refractivity contribution is 6.20. The van der Waals surface area contributed by atoms with Crippen LogP contribution < -0.4 is 4.90 Å². The second-order valence-electron chi connectivity index (χ2n) is 5.41. The summed E-state index contributed by atoms with van der Waals surface area (Å²) in [5.74, 6) is 0. The summed E-state index contributed by atoms with van der Waals surface area (Å²) in [6.45, 7) is 0. The Bertz CT molecular complexity index is 443. The highest BCUT2D eigenvalue weighted by Crippen LogP contribution is 2.41. The van der Waals surface area contributed by atoms with Crippen LogP contribution in [0.15, 0.2) is 24.3 Å². The Hall–Kier alpha value is -0.900. The molecular weight excluding hydrogens is 275 g/mol. The molecule has 1 aromatic rings. The summed E-state index contributed by atoms with van der Waals surface area (Å²) in [6, 6.07) is 6.28. The van der Waals surface area contributed by atoms with E-state index in [-0.39, 0.29) is 5.38 Å². The molecule has 0 aliphatic carbocycles. The Labute approximate surface area is 115 Å². The molecule has 0 amide bonds. The minimum Gasteiger partial charge on any atom is -0.365 e. The molecule has 0 radical (unpaired) electrons. The Morgan fingerprint density at radius 3 is 2.00 bits per heavy atom. The van der Waals surface area contributed by atoms with Gasteiger partial charge in [-0.05, 0) is 49.9 Å². The van der Waals surface area contributed by atoms with Gasteiger partial charge in [0.1, 0.15) is 0 Å². The lowest BCUT2D eigenvalue weighted by molar-refractivity contribution is -0.137. The van der Waals surface area contributed by atoms with E-state index in [9.17, 15) is 13.2 Å². The quantitative estimate of drug-likeness (QED) is 0.691. The van der Waals surface area contributed by atoms with E-state index in [1.54, 1.807) is 12.1 Å². The largest absolute Gasteiger partial charge is 0.416 e. The number of hydrogen-bond acceptors (Lipinski definition) is 1. The number of piperidine rings is 1. The van der Waals surface area contributed by atoms with Crippen molar-refractivity contribution in [2.24, 2.45) is 0 Å². The molecule has 2 aliphatic heterocycles. The van der Waals surface area contributed by atoms with E-state index >= 15 is 0 Å². The van der Waals surface area contributed by atoms with Gasteiger partial charge in [0.05, 0.1) is 5.56 Å². The molecule has 0 saturated carbocycles. The third kappa shape index (κ3) is 2.42. The lowest BCUT2D eigenvalue weighted by Crippen LogP contribution is -2.43. The van der Waals surface area contributed by atoms with Crippen LogP contribution in [0, 0.1) is 0 Å². The van der Waals surface area contributed by atoms with Crippen LogP contribution in [-0.4, -0.2) is 17.5 Å². The Morgan fingerprint density at radius 2 is 1.53 bits per heavy atom. The highest BCUT2D eigenvalue weighted by Gasteiger charge is 2.40. The van der Waals surface area contributed by atoms with E-state index in [1.807, 2.05) is 0 Å². The van der Waals surface area contributed by atoms with Crippen LogP contribution in [0.25, 0.3) is 0 Å². The van der Waals surface area contributed by atoms with Gasteiger partial charge in [-0.2, -0.15) is 13.2 Å². The Morgan fingerprint density at radius 1 is 1.00 bits per heavy atom. The lowest BCUT2D eigenvalue weighted by Gasteiger charge is -2.39. The van der Waals surface area contributed by atoms with Gasteiger partial charge in [-0.15, -0.1) is 11.6 Å². The lowest BCUT2D eigenvalue weighted by atomic mass is 10.0. The van der Waals surface area contributed by atoms with Gasteiger partial charge in [0.2, 0.25) is 0 Å². The van der Waals surface area contributed by atoms with Crippen molar-refractivity contribution in [1.82, 2.24) is 0 Å². The first-order valence-corrected chi connectivity index (χ1v) is 6.98. The smallest absolute Gasteiger partial charge is 0.365 e. The SMILES string of the molecule is FC(F)(F)c1ccc(N2C3CCC2CC(Cl)C3)cc1. The summed E-state index contributed by atoms with van der Waals surface area (Å²) in [4.78, 5) is 2.26. The van der Waals surface area contributed by atoms with Crippen molar-refractivity contribution in [3.63, 3.8) is 0 Å². The van der Waals surface area contributed by atoms with E-state index < -0.39 is 11.7 Å². The van der Waals surface area contributed by atoms with Crippen LogP contribution in [0.2, 0.25) is 0 Å². The van der Waals surface area contributed by atoms with Crippen molar-refractivity contribution in [2.75, 3.05) is 4.90 Å². The standard InChI is InChI=1S/C14H15ClF3N/c15-10-7-12-5-6-13(8-10)19(12)11-3-1-9(2-4-11)14(16,17)18/h1-4,10,12-13H,5-8H2. The molecule has 104 valence electrons. The van der Waals surface area contributed by atoms with Crippen LogP contribution in [0.4, 0.5) is 18.9 Å². The van der Waals surface area contributed by atoms with Crippen molar-refractivity contribution in [2.45, 2.75) is 49.3 Å². The van der Waals surface area contributed by atoms with Gasteiger partial charge in [0.15, 0.2) is 0 Å². The fraction of sp³-hybridized carbons (Fsp3) is 0.571. The zero-order chi connectivity index (χ0) is 13.6. The van der Waals surface area contributed by atoms with Crippen LogP contribution in [-0.2, 0) is 6.18 Å². The first-order chi connectivity index (χ1) is 8.95. The average Bonchev–Trinajstić information content (AvgIpc) is 2.61. The van der Waals surface area contributed by atoms with E-state index in [0.29, 0.717) is 12.1 Å². The summed E-state index contributed by atoms with van der Waals surface area (Å²) in [5, 5.41) is 0.211. The van der Waals surface area contributed by atoms with E-state index in [4.69, 9.17) is 11.6 Å². The summed E-state index contributed by atoms with van der Waals surface area (Å²) in [7, 11) is 0. The molecule has 2 bridgehead atoms. The Balaban J connectivity index is 1.84. The molecule has 1 aromatic carbocycles. The number of benzene rings is 1. The molecule has 2 atom stereocenters. The number of nitrogens with zero attached hydrogens (tertiary/aromatic N) is 1.